The average Bonchev–Trinajstić information content (AvgIpc) is 3.25. The number of carboxylic acids is 1. The third-order valence-corrected chi connectivity index (χ3v) is 8.21. The van der Waals surface area contributed by atoms with Crippen molar-refractivity contribution in [3.63, 3.8) is 0 Å². The quantitative estimate of drug-likeness (QED) is 0.0589. The first-order valence-electron chi connectivity index (χ1n) is 13.8. The van der Waals surface area contributed by atoms with Crippen LogP contribution in [-0.2, 0) is 42.1 Å². The molecule has 4 unspecified atom stereocenters. The fourth-order valence-electron chi connectivity index (χ4n) is 4.65. The van der Waals surface area contributed by atoms with Gasteiger partial charge in [-0.05, 0) is 6.07 Å². The summed E-state index contributed by atoms with van der Waals surface area (Å²) in [5.74, 6) is -6.12. The third-order valence-electron chi connectivity index (χ3n) is 7.21. The highest BCUT2D eigenvalue weighted by atomic mass is 31.2. The molecule has 9 N–H and O–H groups in total. The highest BCUT2D eigenvalue weighted by molar-refractivity contribution is 7.47. The van der Waals surface area contributed by atoms with Crippen molar-refractivity contribution >= 4 is 19.6 Å². The van der Waals surface area contributed by atoms with E-state index < -0.39 is 99.8 Å². The summed E-state index contributed by atoms with van der Waals surface area (Å²) in [6.45, 7) is 0.869. The van der Waals surface area contributed by atoms with Gasteiger partial charge in [-0.1, -0.05) is 6.92 Å². The lowest BCUT2D eigenvalue weighted by molar-refractivity contribution is -0.296. The molecule has 2 aliphatic heterocycles. The SMILES string of the molecule is COCCOCCOC[C@@H](O)[C@@H](O)C1O[C@](OP(=O)(O)OCC2OC(n3ccc(N)nc3=O)[C@H](O)[C@@H]2O)(C(=O)O)C[C@H](O)[C@H]1C. The number of aliphatic hydroxyl groups is 5. The molecular formula is C24H40N3O17P. The second-order valence-corrected chi connectivity index (χ2v) is 11.8. The minimum absolute atomic E-state index is 0.0369. The van der Waals surface area contributed by atoms with E-state index in [1.165, 1.54) is 20.1 Å². The molecule has 0 bridgehead atoms. The standard InChI is InChI=1S/C24H40N3O17P/c1-12-13(28)9-24(22(33)34,43-20(12)17(30)14(29)10-40-8-7-39-6-5-38-2)44-45(36,37)41-11-15-18(31)19(32)21(42-15)27-4-3-16(25)26-23(27)35/h3-4,12-15,17-21,28-32H,5-11H2,1-2H3,(H,33,34)(H,36,37)(H2,25,26,35)/t12-,13+,14-,15?,17-,18-,19-,20?,21?,24-/m1/s1. The molecule has 2 aliphatic rings. The number of nitrogen functional groups attached to an aromatic ring is 1. The average molecular weight is 674 g/mol. The number of phosphoric acid groups is 1. The molecule has 11 atom stereocenters. The normalized spacial score (nSPS) is 33.0. The maximum atomic E-state index is 12.9. The van der Waals surface area contributed by atoms with Gasteiger partial charge in [-0.15, -0.1) is 0 Å². The second-order valence-electron chi connectivity index (χ2n) is 10.5. The van der Waals surface area contributed by atoms with Gasteiger partial charge in [0, 0.05) is 25.6 Å². The Balaban J connectivity index is 1.64. The molecule has 1 aromatic heterocycles. The lowest BCUT2D eigenvalue weighted by Gasteiger charge is -2.45. The number of aromatic nitrogens is 2. The van der Waals surface area contributed by atoms with Gasteiger partial charge in [0.2, 0.25) is 0 Å². The fraction of sp³-hybridized carbons (Fsp3) is 0.792. The Morgan fingerprint density at radius 2 is 1.87 bits per heavy atom. The summed E-state index contributed by atoms with van der Waals surface area (Å²) in [6, 6.07) is 1.23. The molecule has 0 spiro atoms. The molecule has 21 heteroatoms. The van der Waals surface area contributed by atoms with Crippen molar-refractivity contribution in [1.82, 2.24) is 9.55 Å². The van der Waals surface area contributed by atoms with Crippen molar-refractivity contribution in [2.45, 2.75) is 68.1 Å². The summed E-state index contributed by atoms with van der Waals surface area (Å²) < 4.78 is 49.6. The molecule has 0 aromatic carbocycles. The number of nitrogens with zero attached hydrogens (tertiary/aromatic N) is 2. The monoisotopic (exact) mass is 673 g/mol. The summed E-state index contributed by atoms with van der Waals surface area (Å²) >= 11 is 0. The molecule has 258 valence electrons. The molecule has 0 radical (unpaired) electrons. The number of methoxy groups -OCH3 is 1. The van der Waals surface area contributed by atoms with E-state index in [1.807, 2.05) is 0 Å². The van der Waals surface area contributed by atoms with Crippen LogP contribution < -0.4 is 11.4 Å². The van der Waals surface area contributed by atoms with Crippen molar-refractivity contribution in [3.05, 3.63) is 22.7 Å². The van der Waals surface area contributed by atoms with E-state index in [0.717, 1.165) is 10.8 Å². The zero-order valence-electron chi connectivity index (χ0n) is 24.4. The largest absolute Gasteiger partial charge is 0.477 e. The van der Waals surface area contributed by atoms with Crippen molar-refractivity contribution < 1.29 is 77.6 Å². The van der Waals surface area contributed by atoms with Crippen LogP contribution in [0.15, 0.2) is 17.1 Å². The van der Waals surface area contributed by atoms with Crippen LogP contribution in [0.3, 0.4) is 0 Å². The Morgan fingerprint density at radius 1 is 1.20 bits per heavy atom. The predicted molar refractivity (Wildman–Crippen MR) is 146 cm³/mol. The predicted octanol–water partition coefficient (Wildman–Crippen LogP) is -3.45. The van der Waals surface area contributed by atoms with Crippen LogP contribution in [0.5, 0.6) is 0 Å². The zero-order valence-corrected chi connectivity index (χ0v) is 25.3. The number of carboxylic acid groups (broad SMARTS) is 1. The minimum Gasteiger partial charge on any atom is -0.477 e. The first-order valence-corrected chi connectivity index (χ1v) is 15.3. The topological polar surface area (TPSA) is 301 Å². The summed E-state index contributed by atoms with van der Waals surface area (Å²) in [5.41, 5.74) is 4.52. The Bertz CT molecular complexity index is 1220. The van der Waals surface area contributed by atoms with Crippen LogP contribution in [0.25, 0.3) is 0 Å². The Kier molecular flexibility index (Phi) is 13.4. The maximum Gasteiger partial charge on any atom is 0.475 e. The van der Waals surface area contributed by atoms with Crippen LogP contribution in [0.1, 0.15) is 19.6 Å². The van der Waals surface area contributed by atoms with Gasteiger partial charge in [0.1, 0.15) is 36.3 Å². The summed E-state index contributed by atoms with van der Waals surface area (Å²) in [6.07, 6.45) is -12.9. The van der Waals surface area contributed by atoms with Crippen LogP contribution in [0, 0.1) is 5.92 Å². The van der Waals surface area contributed by atoms with E-state index in [2.05, 4.69) is 4.98 Å². The van der Waals surface area contributed by atoms with Gasteiger partial charge in [-0.2, -0.15) is 4.98 Å². The van der Waals surface area contributed by atoms with Crippen molar-refractivity contribution in [2.75, 3.05) is 52.5 Å². The molecule has 0 aliphatic carbocycles. The maximum absolute atomic E-state index is 12.9. The van der Waals surface area contributed by atoms with Crippen molar-refractivity contribution in [2.24, 2.45) is 5.92 Å². The molecule has 0 saturated carbocycles. The van der Waals surface area contributed by atoms with E-state index in [-0.39, 0.29) is 19.0 Å². The number of nitrogens with two attached hydrogens (primary N) is 1. The smallest absolute Gasteiger partial charge is 0.475 e. The molecular weight excluding hydrogens is 633 g/mol. The summed E-state index contributed by atoms with van der Waals surface area (Å²) in [4.78, 5) is 38.3. The molecule has 45 heavy (non-hydrogen) atoms. The van der Waals surface area contributed by atoms with Crippen molar-refractivity contribution in [1.29, 1.82) is 0 Å². The number of anilines is 1. The number of hydrogen-bond donors (Lipinski definition) is 8. The number of rotatable bonds is 17. The number of ether oxygens (including phenoxy) is 5. The molecule has 3 rings (SSSR count). The molecule has 0 amide bonds. The van der Waals surface area contributed by atoms with Gasteiger partial charge in [-0.25, -0.2) is 18.7 Å². The van der Waals surface area contributed by atoms with Crippen molar-refractivity contribution in [3.8, 4) is 0 Å². The first-order chi connectivity index (χ1) is 21.1. The number of carbonyl (C=O) groups is 1. The van der Waals surface area contributed by atoms with Gasteiger partial charge >= 0.3 is 19.5 Å². The molecule has 3 heterocycles. The van der Waals surface area contributed by atoms with Crippen LogP contribution in [0.2, 0.25) is 0 Å². The molecule has 2 fully saturated rings. The second kappa shape index (κ2) is 16.1. The van der Waals surface area contributed by atoms with Crippen LogP contribution in [0.4, 0.5) is 5.82 Å². The fourth-order valence-corrected chi connectivity index (χ4v) is 5.61. The first kappa shape index (κ1) is 37.3. The Morgan fingerprint density at radius 3 is 2.51 bits per heavy atom. The van der Waals surface area contributed by atoms with Gasteiger partial charge in [-0.3, -0.25) is 9.09 Å². The van der Waals surface area contributed by atoms with E-state index in [9.17, 15) is 49.7 Å². The Hall–Kier alpha value is -2.14. The Labute approximate surface area is 256 Å². The highest BCUT2D eigenvalue weighted by Crippen LogP contribution is 2.52. The number of aliphatic carboxylic acids is 1. The minimum atomic E-state index is -5.43. The zero-order chi connectivity index (χ0) is 33.5. The highest BCUT2D eigenvalue weighted by Gasteiger charge is 2.57. The lowest BCUT2D eigenvalue weighted by Crippen LogP contribution is -2.61. The molecule has 2 saturated heterocycles. The third kappa shape index (κ3) is 9.46. The van der Waals surface area contributed by atoms with Gasteiger partial charge < -0.3 is 65.0 Å². The van der Waals surface area contributed by atoms with E-state index >= 15 is 0 Å². The number of phosphoric ester groups is 1. The molecule has 1 aromatic rings. The van der Waals surface area contributed by atoms with E-state index in [0.29, 0.717) is 13.2 Å². The number of hydrogen-bond acceptors (Lipinski definition) is 17. The lowest BCUT2D eigenvalue weighted by atomic mass is 9.85. The van der Waals surface area contributed by atoms with E-state index in [1.54, 1.807) is 0 Å². The molecule has 20 nitrogen and oxygen atoms in total. The van der Waals surface area contributed by atoms with Crippen LogP contribution >= 0.6 is 7.82 Å². The van der Waals surface area contributed by atoms with Gasteiger partial charge in [0.15, 0.2) is 6.23 Å². The number of aliphatic hydroxyl groups excluding tert-OH is 5. The summed E-state index contributed by atoms with van der Waals surface area (Å²) in [7, 11) is -3.92. The van der Waals surface area contributed by atoms with E-state index in [4.69, 9.17) is 38.5 Å². The summed E-state index contributed by atoms with van der Waals surface area (Å²) in [5, 5.41) is 62.5. The van der Waals surface area contributed by atoms with Gasteiger partial charge in [0.05, 0.1) is 51.8 Å². The van der Waals surface area contributed by atoms with Crippen LogP contribution in [-0.4, -0.2) is 146 Å². The van der Waals surface area contributed by atoms with Gasteiger partial charge in [0.25, 0.3) is 5.79 Å².